The van der Waals surface area contributed by atoms with Gasteiger partial charge in [-0.2, -0.15) is 0 Å². The number of imide groups is 1. The van der Waals surface area contributed by atoms with E-state index in [1.54, 1.807) is 53.4 Å². The van der Waals surface area contributed by atoms with Gasteiger partial charge in [0.05, 0.1) is 23.4 Å². The van der Waals surface area contributed by atoms with E-state index in [9.17, 15) is 18.8 Å². The average molecular weight is 458 g/mol. The summed E-state index contributed by atoms with van der Waals surface area (Å²) >= 11 is 0. The Balaban J connectivity index is 1.41. The summed E-state index contributed by atoms with van der Waals surface area (Å²) < 4.78 is 19.6. The third-order valence-corrected chi connectivity index (χ3v) is 6.09. The third-order valence-electron chi connectivity index (χ3n) is 6.09. The first kappa shape index (κ1) is 21.8. The largest absolute Gasteiger partial charge is 0.494 e. The van der Waals surface area contributed by atoms with E-state index < -0.39 is 11.8 Å². The molecule has 1 heterocycles. The quantitative estimate of drug-likeness (QED) is 0.476. The van der Waals surface area contributed by atoms with Crippen molar-refractivity contribution in [3.05, 3.63) is 94.8 Å². The van der Waals surface area contributed by atoms with E-state index >= 15 is 0 Å². The zero-order valence-electron chi connectivity index (χ0n) is 18.7. The summed E-state index contributed by atoms with van der Waals surface area (Å²) in [5.74, 6) is -0.916. The van der Waals surface area contributed by atoms with Crippen LogP contribution in [0.3, 0.4) is 0 Å². The van der Waals surface area contributed by atoms with E-state index in [1.807, 2.05) is 6.92 Å². The van der Waals surface area contributed by atoms with Crippen LogP contribution in [-0.4, -0.2) is 35.3 Å². The molecule has 1 saturated carbocycles. The normalized spacial score (nSPS) is 14.8. The average Bonchev–Trinajstić information content (AvgIpc) is 3.66. The van der Waals surface area contributed by atoms with E-state index in [0.717, 1.165) is 17.7 Å². The van der Waals surface area contributed by atoms with Crippen LogP contribution < -0.4 is 9.64 Å². The second-order valence-corrected chi connectivity index (χ2v) is 8.39. The molecule has 34 heavy (non-hydrogen) atoms. The van der Waals surface area contributed by atoms with E-state index in [4.69, 9.17) is 4.74 Å². The third kappa shape index (κ3) is 3.94. The first-order valence-electron chi connectivity index (χ1n) is 11.3. The Morgan fingerprint density at radius 1 is 1.00 bits per heavy atom. The SMILES string of the molecule is CCOc1ccc(N2C(=O)c3ccc(C(=O)N(Cc4ccccc4F)C4CC4)cc3C2=O)cc1. The number of hydrogen-bond acceptors (Lipinski definition) is 4. The lowest BCUT2D eigenvalue weighted by atomic mass is 10.0. The maximum Gasteiger partial charge on any atom is 0.266 e. The highest BCUT2D eigenvalue weighted by Crippen LogP contribution is 2.33. The van der Waals surface area contributed by atoms with Crippen LogP contribution in [0.15, 0.2) is 66.7 Å². The minimum atomic E-state index is -0.481. The van der Waals surface area contributed by atoms with Crippen LogP contribution in [0, 0.1) is 5.82 Å². The summed E-state index contributed by atoms with van der Waals surface area (Å²) in [4.78, 5) is 42.2. The molecule has 1 fully saturated rings. The number of halogens is 1. The maximum absolute atomic E-state index is 14.2. The minimum Gasteiger partial charge on any atom is -0.494 e. The number of benzene rings is 3. The van der Waals surface area contributed by atoms with Gasteiger partial charge < -0.3 is 9.64 Å². The molecule has 0 saturated heterocycles. The second kappa shape index (κ2) is 8.74. The summed E-state index contributed by atoms with van der Waals surface area (Å²) in [5, 5.41) is 0. The fraction of sp³-hybridized carbons (Fsp3) is 0.222. The summed E-state index contributed by atoms with van der Waals surface area (Å²) in [6.45, 7) is 2.54. The van der Waals surface area contributed by atoms with E-state index in [1.165, 1.54) is 18.2 Å². The zero-order valence-corrected chi connectivity index (χ0v) is 18.7. The van der Waals surface area contributed by atoms with Gasteiger partial charge in [0.1, 0.15) is 11.6 Å². The number of carbonyl (C=O) groups excluding carboxylic acids is 3. The number of amides is 3. The molecule has 172 valence electrons. The summed E-state index contributed by atoms with van der Waals surface area (Å²) in [5.41, 5.74) is 1.61. The fourth-order valence-electron chi connectivity index (χ4n) is 4.20. The second-order valence-electron chi connectivity index (χ2n) is 8.39. The van der Waals surface area contributed by atoms with Gasteiger partial charge in [-0.15, -0.1) is 0 Å². The number of nitrogens with zero attached hydrogens (tertiary/aromatic N) is 2. The lowest BCUT2D eigenvalue weighted by Crippen LogP contribution is -2.33. The van der Waals surface area contributed by atoms with Crippen LogP contribution in [0.2, 0.25) is 0 Å². The molecule has 0 bridgehead atoms. The molecule has 3 aromatic carbocycles. The molecule has 0 unspecified atom stereocenters. The molecule has 3 amide bonds. The van der Waals surface area contributed by atoms with Gasteiger partial charge >= 0.3 is 0 Å². The van der Waals surface area contributed by atoms with E-state index in [0.29, 0.717) is 29.2 Å². The van der Waals surface area contributed by atoms with Gasteiger partial charge in [-0.25, -0.2) is 9.29 Å². The molecule has 6 nitrogen and oxygen atoms in total. The Morgan fingerprint density at radius 3 is 2.38 bits per heavy atom. The number of ether oxygens (including phenoxy) is 1. The molecular formula is C27H23FN2O4. The number of fused-ring (bicyclic) bond motifs is 1. The Labute approximate surface area is 196 Å². The van der Waals surface area contributed by atoms with Crippen molar-refractivity contribution in [2.75, 3.05) is 11.5 Å². The lowest BCUT2D eigenvalue weighted by molar-refractivity contribution is 0.0728. The van der Waals surface area contributed by atoms with Crippen LogP contribution in [0.5, 0.6) is 5.75 Å². The van der Waals surface area contributed by atoms with Crippen LogP contribution >= 0.6 is 0 Å². The van der Waals surface area contributed by atoms with Crippen molar-refractivity contribution in [2.24, 2.45) is 0 Å². The van der Waals surface area contributed by atoms with Crippen molar-refractivity contribution >= 4 is 23.4 Å². The molecule has 2 aliphatic rings. The van der Waals surface area contributed by atoms with E-state index in [2.05, 4.69) is 0 Å². The number of carbonyl (C=O) groups is 3. The highest BCUT2D eigenvalue weighted by Gasteiger charge is 2.39. The van der Waals surface area contributed by atoms with Crippen LogP contribution in [0.25, 0.3) is 0 Å². The molecule has 3 aromatic rings. The topological polar surface area (TPSA) is 66.9 Å². The Morgan fingerprint density at radius 2 is 1.71 bits per heavy atom. The van der Waals surface area contributed by atoms with Crippen molar-refractivity contribution in [1.82, 2.24) is 4.90 Å². The number of rotatable bonds is 7. The van der Waals surface area contributed by atoms with Gasteiger partial charge in [-0.05, 0) is 68.3 Å². The predicted molar refractivity (Wildman–Crippen MR) is 124 cm³/mol. The van der Waals surface area contributed by atoms with Crippen molar-refractivity contribution in [3.8, 4) is 5.75 Å². The number of hydrogen-bond donors (Lipinski definition) is 0. The predicted octanol–water partition coefficient (Wildman–Crippen LogP) is 4.83. The fourth-order valence-corrected chi connectivity index (χ4v) is 4.20. The highest BCUT2D eigenvalue weighted by atomic mass is 19.1. The zero-order chi connectivity index (χ0) is 23.8. The van der Waals surface area contributed by atoms with Gasteiger partial charge in [0, 0.05) is 23.7 Å². The first-order valence-corrected chi connectivity index (χ1v) is 11.3. The van der Waals surface area contributed by atoms with Gasteiger partial charge in [-0.1, -0.05) is 18.2 Å². The van der Waals surface area contributed by atoms with Gasteiger partial charge in [-0.3, -0.25) is 14.4 Å². The molecule has 0 spiro atoms. The summed E-state index contributed by atoms with van der Waals surface area (Å²) in [7, 11) is 0. The Kier molecular flexibility index (Phi) is 5.61. The van der Waals surface area contributed by atoms with Gasteiger partial charge in [0.15, 0.2) is 0 Å². The maximum atomic E-state index is 14.2. The Bertz CT molecular complexity index is 1280. The smallest absolute Gasteiger partial charge is 0.266 e. The van der Waals surface area contributed by atoms with Crippen molar-refractivity contribution in [3.63, 3.8) is 0 Å². The lowest BCUT2D eigenvalue weighted by Gasteiger charge is -2.23. The van der Waals surface area contributed by atoms with Gasteiger partial charge in [0.25, 0.3) is 17.7 Å². The summed E-state index contributed by atoms with van der Waals surface area (Å²) in [6.07, 6.45) is 1.71. The van der Waals surface area contributed by atoms with Crippen molar-refractivity contribution < 1.29 is 23.5 Å². The molecule has 7 heteroatoms. The molecule has 1 aliphatic carbocycles. The van der Waals surface area contributed by atoms with Crippen molar-refractivity contribution in [1.29, 1.82) is 0 Å². The van der Waals surface area contributed by atoms with Crippen molar-refractivity contribution in [2.45, 2.75) is 32.4 Å². The molecule has 0 radical (unpaired) electrons. The summed E-state index contributed by atoms with van der Waals surface area (Å²) in [6, 6.07) is 17.7. The number of anilines is 1. The molecule has 0 atom stereocenters. The molecule has 0 N–H and O–H groups in total. The first-order chi connectivity index (χ1) is 16.5. The molecular weight excluding hydrogens is 435 g/mol. The monoisotopic (exact) mass is 458 g/mol. The molecule has 0 aromatic heterocycles. The minimum absolute atomic E-state index is 0.0399. The van der Waals surface area contributed by atoms with E-state index in [-0.39, 0.29) is 35.4 Å². The van der Waals surface area contributed by atoms with Gasteiger partial charge in [0.2, 0.25) is 0 Å². The standard InChI is InChI=1S/C27H23FN2O4/c1-2-34-21-12-10-20(11-13-21)30-26(32)22-14-7-17(15-23(22)27(30)33)25(31)29(19-8-9-19)16-18-5-3-4-6-24(18)28/h3-7,10-15,19H,2,8-9,16H2,1H3. The molecule has 5 rings (SSSR count). The van der Waals surface area contributed by atoms with Crippen LogP contribution in [0.1, 0.15) is 56.4 Å². The molecule has 1 aliphatic heterocycles. The van der Waals surface area contributed by atoms with Crippen LogP contribution in [-0.2, 0) is 6.54 Å². The Hall–Kier alpha value is -4.00. The highest BCUT2D eigenvalue weighted by molar-refractivity contribution is 6.34. The van der Waals surface area contributed by atoms with Crippen LogP contribution in [0.4, 0.5) is 10.1 Å².